The van der Waals surface area contributed by atoms with Gasteiger partial charge in [-0.2, -0.15) is 0 Å². The van der Waals surface area contributed by atoms with E-state index in [9.17, 15) is 9.59 Å². The Kier molecular flexibility index (Phi) is 7.13. The molecule has 1 aromatic heterocycles. The lowest BCUT2D eigenvalue weighted by molar-refractivity contribution is -0.125. The van der Waals surface area contributed by atoms with Crippen LogP contribution in [0.5, 0.6) is 5.75 Å². The van der Waals surface area contributed by atoms with Crippen LogP contribution in [0.2, 0.25) is 0 Å². The fourth-order valence-corrected chi connectivity index (χ4v) is 3.63. The molecule has 7 nitrogen and oxygen atoms in total. The van der Waals surface area contributed by atoms with E-state index in [2.05, 4.69) is 5.16 Å². The molecule has 0 bridgehead atoms. The van der Waals surface area contributed by atoms with E-state index in [-0.39, 0.29) is 18.3 Å². The summed E-state index contributed by atoms with van der Waals surface area (Å²) in [6.07, 6.45) is 0. The molecule has 0 fully saturated rings. The summed E-state index contributed by atoms with van der Waals surface area (Å²) in [6, 6.07) is 16.2. The number of aromatic nitrogens is 1. The predicted octanol–water partition coefficient (Wildman–Crippen LogP) is 3.89. The summed E-state index contributed by atoms with van der Waals surface area (Å²) in [4.78, 5) is 26.6. The number of amides is 1. The molecule has 0 spiro atoms. The Morgan fingerprint density at radius 1 is 1.10 bits per heavy atom. The van der Waals surface area contributed by atoms with E-state index in [1.807, 2.05) is 30.3 Å². The van der Waals surface area contributed by atoms with Gasteiger partial charge in [-0.1, -0.05) is 29.4 Å². The summed E-state index contributed by atoms with van der Waals surface area (Å²) in [6.45, 7) is -0.0589. The molecule has 0 saturated heterocycles. The van der Waals surface area contributed by atoms with Gasteiger partial charge in [-0.3, -0.25) is 4.79 Å². The fourth-order valence-electron chi connectivity index (χ4n) is 2.61. The highest BCUT2D eigenvalue weighted by molar-refractivity contribution is 8.00. The Hall–Kier alpha value is -3.26. The molecule has 1 heterocycles. The summed E-state index contributed by atoms with van der Waals surface area (Å²) < 4.78 is 16.0. The number of esters is 1. The number of thioether (sulfide) groups is 1. The first-order valence-electron chi connectivity index (χ1n) is 9.17. The van der Waals surface area contributed by atoms with Gasteiger partial charge in [0.1, 0.15) is 11.4 Å². The first kappa shape index (κ1) is 21.4. The number of methoxy groups -OCH3 is 1. The first-order valence-corrected chi connectivity index (χ1v) is 10.2. The third-order valence-corrected chi connectivity index (χ3v) is 5.30. The van der Waals surface area contributed by atoms with Crippen LogP contribution in [0.3, 0.4) is 0 Å². The number of carbonyl (C=O) groups excluding carboxylic acids is 2. The number of ether oxygens (including phenoxy) is 2. The molecule has 0 N–H and O–H groups in total. The number of hydrogen-bond donors (Lipinski definition) is 0. The van der Waals surface area contributed by atoms with Gasteiger partial charge in [-0.25, -0.2) is 4.79 Å². The van der Waals surface area contributed by atoms with Crippen LogP contribution in [0, 0.1) is 0 Å². The molecular formula is C22H22N2O5S. The lowest BCUT2D eigenvalue weighted by atomic mass is 10.1. The highest BCUT2D eigenvalue weighted by Gasteiger charge is 2.17. The second-order valence-electron chi connectivity index (χ2n) is 6.53. The highest BCUT2D eigenvalue weighted by Crippen LogP contribution is 2.29. The Labute approximate surface area is 178 Å². The molecule has 3 aromatic rings. The summed E-state index contributed by atoms with van der Waals surface area (Å²) in [5, 5.41) is 4.04. The lowest BCUT2D eigenvalue weighted by Crippen LogP contribution is -2.23. The van der Waals surface area contributed by atoms with Gasteiger partial charge in [-0.15, -0.1) is 11.8 Å². The molecule has 1 amide bonds. The van der Waals surface area contributed by atoms with Crippen molar-refractivity contribution in [3.63, 3.8) is 0 Å². The number of para-hydroxylation sites is 1. The van der Waals surface area contributed by atoms with Gasteiger partial charge in [-0.05, 0) is 24.3 Å². The summed E-state index contributed by atoms with van der Waals surface area (Å²) in [7, 11) is 4.97. The van der Waals surface area contributed by atoms with Crippen LogP contribution in [-0.2, 0) is 16.1 Å². The van der Waals surface area contributed by atoms with Crippen LogP contribution in [0.25, 0.3) is 11.3 Å². The third-order valence-electron chi connectivity index (χ3n) is 4.24. The molecule has 0 atom stereocenters. The maximum Gasteiger partial charge on any atom is 0.339 e. The molecule has 2 aromatic carbocycles. The first-order chi connectivity index (χ1) is 14.5. The SMILES string of the molecule is COc1ccccc1-c1cc(COC(=O)c2ccccc2SCC(=O)N(C)C)on1. The van der Waals surface area contributed by atoms with E-state index in [1.165, 1.54) is 16.7 Å². The lowest BCUT2D eigenvalue weighted by Gasteiger charge is -2.11. The van der Waals surface area contributed by atoms with E-state index in [1.54, 1.807) is 45.5 Å². The number of nitrogens with zero attached hydrogens (tertiary/aromatic N) is 2. The molecule has 0 aliphatic rings. The van der Waals surface area contributed by atoms with Crippen molar-refractivity contribution in [1.29, 1.82) is 0 Å². The van der Waals surface area contributed by atoms with Crippen molar-refractivity contribution in [3.8, 4) is 17.0 Å². The standard InChI is InChI=1S/C22H22N2O5S/c1-24(2)21(25)14-30-20-11-7-5-9-17(20)22(26)28-13-15-12-18(23-29-15)16-8-4-6-10-19(16)27-3/h4-12H,13-14H2,1-3H3. The monoisotopic (exact) mass is 426 g/mol. The van der Waals surface area contributed by atoms with Gasteiger partial charge < -0.3 is 18.9 Å². The molecule has 156 valence electrons. The smallest absolute Gasteiger partial charge is 0.339 e. The van der Waals surface area contributed by atoms with E-state index in [4.69, 9.17) is 14.0 Å². The Morgan fingerprint density at radius 2 is 1.83 bits per heavy atom. The molecule has 30 heavy (non-hydrogen) atoms. The Morgan fingerprint density at radius 3 is 2.60 bits per heavy atom. The zero-order chi connectivity index (χ0) is 21.5. The highest BCUT2D eigenvalue weighted by atomic mass is 32.2. The van der Waals surface area contributed by atoms with E-state index >= 15 is 0 Å². The average Bonchev–Trinajstić information content (AvgIpc) is 3.24. The van der Waals surface area contributed by atoms with Crippen molar-refractivity contribution >= 4 is 23.6 Å². The molecule has 0 saturated carbocycles. The van der Waals surface area contributed by atoms with E-state index < -0.39 is 5.97 Å². The van der Waals surface area contributed by atoms with Crippen LogP contribution < -0.4 is 4.74 Å². The largest absolute Gasteiger partial charge is 0.496 e. The van der Waals surface area contributed by atoms with Crippen molar-refractivity contribution in [2.75, 3.05) is 27.0 Å². The van der Waals surface area contributed by atoms with Crippen LogP contribution in [0.15, 0.2) is 64.0 Å². The Bertz CT molecular complexity index is 1030. The summed E-state index contributed by atoms with van der Waals surface area (Å²) >= 11 is 1.30. The second-order valence-corrected chi connectivity index (χ2v) is 7.55. The third kappa shape index (κ3) is 5.21. The van der Waals surface area contributed by atoms with Gasteiger partial charge in [0.05, 0.1) is 18.4 Å². The minimum Gasteiger partial charge on any atom is -0.496 e. The van der Waals surface area contributed by atoms with Gasteiger partial charge in [0, 0.05) is 30.6 Å². The maximum absolute atomic E-state index is 12.6. The van der Waals surface area contributed by atoms with Gasteiger partial charge >= 0.3 is 5.97 Å². The summed E-state index contributed by atoms with van der Waals surface area (Å²) in [5.41, 5.74) is 1.78. The summed E-state index contributed by atoms with van der Waals surface area (Å²) in [5.74, 6) is 0.797. The minimum absolute atomic E-state index is 0.0336. The number of carbonyl (C=O) groups is 2. The van der Waals surface area contributed by atoms with Gasteiger partial charge in [0.25, 0.3) is 0 Å². The second kappa shape index (κ2) is 9.98. The van der Waals surface area contributed by atoms with Crippen LogP contribution in [0.1, 0.15) is 16.1 Å². The normalized spacial score (nSPS) is 10.5. The average molecular weight is 426 g/mol. The molecule has 8 heteroatoms. The van der Waals surface area contributed by atoms with Crippen molar-refractivity contribution in [3.05, 3.63) is 65.9 Å². The van der Waals surface area contributed by atoms with Crippen LogP contribution >= 0.6 is 11.8 Å². The number of benzene rings is 2. The molecule has 0 radical (unpaired) electrons. The van der Waals surface area contributed by atoms with Crippen molar-refractivity contribution in [1.82, 2.24) is 10.1 Å². The molecule has 0 aliphatic carbocycles. The fraction of sp³-hybridized carbons (Fsp3) is 0.227. The Balaban J connectivity index is 1.66. The molecule has 0 unspecified atom stereocenters. The molecule has 0 aliphatic heterocycles. The van der Waals surface area contributed by atoms with Crippen molar-refractivity contribution < 1.29 is 23.6 Å². The van der Waals surface area contributed by atoms with E-state index in [0.717, 1.165) is 5.56 Å². The zero-order valence-corrected chi connectivity index (χ0v) is 17.8. The quantitative estimate of drug-likeness (QED) is 0.399. The molecular weight excluding hydrogens is 404 g/mol. The van der Waals surface area contributed by atoms with E-state index in [0.29, 0.717) is 27.7 Å². The van der Waals surface area contributed by atoms with Crippen molar-refractivity contribution in [2.45, 2.75) is 11.5 Å². The number of rotatable bonds is 8. The number of hydrogen-bond acceptors (Lipinski definition) is 7. The maximum atomic E-state index is 12.6. The zero-order valence-electron chi connectivity index (χ0n) is 17.0. The predicted molar refractivity (Wildman–Crippen MR) is 113 cm³/mol. The van der Waals surface area contributed by atoms with Crippen LogP contribution in [0.4, 0.5) is 0 Å². The van der Waals surface area contributed by atoms with Gasteiger partial charge in [0.15, 0.2) is 12.4 Å². The molecule has 3 rings (SSSR count). The van der Waals surface area contributed by atoms with Crippen LogP contribution in [-0.4, -0.2) is 48.9 Å². The van der Waals surface area contributed by atoms with Crippen molar-refractivity contribution in [2.24, 2.45) is 0 Å². The van der Waals surface area contributed by atoms with Gasteiger partial charge in [0.2, 0.25) is 5.91 Å². The topological polar surface area (TPSA) is 81.9 Å². The minimum atomic E-state index is -0.495.